The Morgan fingerprint density at radius 3 is 2.83 bits per heavy atom. The molecule has 0 heterocycles. The number of hydrogen-bond donors (Lipinski definition) is 0. The summed E-state index contributed by atoms with van der Waals surface area (Å²) in [5, 5.41) is 0. The molecule has 1 saturated carbocycles. The summed E-state index contributed by atoms with van der Waals surface area (Å²) in [7, 11) is 0. The van der Waals surface area contributed by atoms with E-state index in [2.05, 4.69) is 34.2 Å². The lowest BCUT2D eigenvalue weighted by molar-refractivity contribution is -0.118. The molecule has 0 unspecified atom stereocenters. The first kappa shape index (κ1) is 7.07. The summed E-state index contributed by atoms with van der Waals surface area (Å²) in [6.07, 6.45) is 7.82. The van der Waals surface area contributed by atoms with Crippen LogP contribution in [-0.4, -0.2) is 5.78 Å². The number of rotatable bonds is 0. The van der Waals surface area contributed by atoms with Gasteiger partial charge in [0, 0.05) is 5.92 Å². The summed E-state index contributed by atoms with van der Waals surface area (Å²) < 4.78 is 0.816. The zero-order valence-corrected chi connectivity index (χ0v) is 8.12. The minimum atomic E-state index is 0.286. The largest absolute Gasteiger partial charge is 0.293 e. The summed E-state index contributed by atoms with van der Waals surface area (Å²) >= 11 is 3.33. The molecule has 0 saturated heterocycles. The van der Waals surface area contributed by atoms with Crippen LogP contribution in [0.5, 0.6) is 0 Å². The fourth-order valence-electron chi connectivity index (χ4n) is 2.87. The molecule has 3 aliphatic rings. The van der Waals surface area contributed by atoms with Gasteiger partial charge in [-0.25, -0.2) is 0 Å². The van der Waals surface area contributed by atoms with E-state index < -0.39 is 0 Å². The molecule has 0 aromatic rings. The SMILES string of the molecule is O=C1C(Br)=C[C@H]2[C@@H]1[C@H]1C=C[C@@H]2C1. The second-order valence-corrected chi connectivity index (χ2v) is 4.78. The van der Waals surface area contributed by atoms with Crippen LogP contribution in [0.25, 0.3) is 0 Å². The number of allylic oxidation sites excluding steroid dienone is 4. The number of carbonyl (C=O) groups excluding carboxylic acids is 1. The van der Waals surface area contributed by atoms with Gasteiger partial charge in [0.05, 0.1) is 4.48 Å². The van der Waals surface area contributed by atoms with Crippen molar-refractivity contribution in [1.29, 1.82) is 0 Å². The quantitative estimate of drug-likeness (QED) is 0.578. The Morgan fingerprint density at radius 1 is 1.33 bits per heavy atom. The Labute approximate surface area is 79.7 Å². The molecular formula is C10H9BrO. The lowest BCUT2D eigenvalue weighted by Crippen LogP contribution is -2.20. The molecule has 1 fully saturated rings. The third kappa shape index (κ3) is 0.674. The third-order valence-corrected chi connectivity index (χ3v) is 4.05. The minimum absolute atomic E-state index is 0.286. The predicted octanol–water partition coefficient (Wildman–Crippen LogP) is 2.29. The molecule has 0 amide bonds. The van der Waals surface area contributed by atoms with Gasteiger partial charge in [-0.15, -0.1) is 0 Å². The maximum Gasteiger partial charge on any atom is 0.173 e. The monoisotopic (exact) mass is 224 g/mol. The van der Waals surface area contributed by atoms with Crippen molar-refractivity contribution >= 4 is 21.7 Å². The van der Waals surface area contributed by atoms with E-state index in [0.29, 0.717) is 23.5 Å². The van der Waals surface area contributed by atoms with Crippen molar-refractivity contribution in [3.63, 3.8) is 0 Å². The molecule has 2 heteroatoms. The summed E-state index contributed by atoms with van der Waals surface area (Å²) in [5.41, 5.74) is 0. The van der Waals surface area contributed by atoms with Gasteiger partial charge >= 0.3 is 0 Å². The van der Waals surface area contributed by atoms with E-state index in [9.17, 15) is 4.79 Å². The molecule has 4 atom stereocenters. The molecule has 0 N–H and O–H groups in total. The van der Waals surface area contributed by atoms with Gasteiger partial charge in [0.25, 0.3) is 0 Å². The van der Waals surface area contributed by atoms with E-state index in [1.165, 1.54) is 6.42 Å². The summed E-state index contributed by atoms with van der Waals surface area (Å²) in [6.45, 7) is 0. The van der Waals surface area contributed by atoms with Crippen LogP contribution < -0.4 is 0 Å². The fraction of sp³-hybridized carbons (Fsp3) is 0.500. The highest BCUT2D eigenvalue weighted by atomic mass is 79.9. The first-order valence-corrected chi connectivity index (χ1v) is 5.16. The van der Waals surface area contributed by atoms with Crippen LogP contribution in [0.2, 0.25) is 0 Å². The van der Waals surface area contributed by atoms with Gasteiger partial charge in [0.1, 0.15) is 0 Å². The summed E-state index contributed by atoms with van der Waals surface area (Å²) in [4.78, 5) is 11.6. The first-order chi connectivity index (χ1) is 5.77. The van der Waals surface area contributed by atoms with Crippen molar-refractivity contribution in [3.8, 4) is 0 Å². The molecular weight excluding hydrogens is 216 g/mol. The van der Waals surface area contributed by atoms with Crippen LogP contribution in [0.4, 0.5) is 0 Å². The third-order valence-electron chi connectivity index (χ3n) is 3.40. The van der Waals surface area contributed by atoms with Crippen LogP contribution in [0.1, 0.15) is 6.42 Å². The van der Waals surface area contributed by atoms with Crippen molar-refractivity contribution < 1.29 is 4.79 Å². The normalized spacial score (nSPS) is 48.4. The highest BCUT2D eigenvalue weighted by Crippen LogP contribution is 2.53. The Bertz CT molecular complexity index is 316. The Morgan fingerprint density at radius 2 is 2.08 bits per heavy atom. The maximum absolute atomic E-state index is 11.6. The molecule has 3 aliphatic carbocycles. The predicted molar refractivity (Wildman–Crippen MR) is 49.7 cm³/mol. The second-order valence-electron chi connectivity index (χ2n) is 3.93. The number of ketones is 1. The summed E-state index contributed by atoms with van der Waals surface area (Å²) in [5.74, 6) is 2.32. The zero-order valence-electron chi connectivity index (χ0n) is 6.53. The molecule has 0 spiro atoms. The van der Waals surface area contributed by atoms with E-state index in [4.69, 9.17) is 0 Å². The zero-order chi connectivity index (χ0) is 8.29. The van der Waals surface area contributed by atoms with Crippen molar-refractivity contribution in [1.82, 2.24) is 0 Å². The maximum atomic E-state index is 11.6. The molecule has 62 valence electrons. The average molecular weight is 225 g/mol. The van der Waals surface area contributed by atoms with Gasteiger partial charge in [0.2, 0.25) is 0 Å². The molecule has 0 radical (unpaired) electrons. The Balaban J connectivity index is 2.07. The first-order valence-electron chi connectivity index (χ1n) is 4.37. The molecule has 0 aromatic carbocycles. The lowest BCUT2D eigenvalue weighted by atomic mass is 9.85. The van der Waals surface area contributed by atoms with Crippen molar-refractivity contribution in [2.75, 3.05) is 0 Å². The fourth-order valence-corrected chi connectivity index (χ4v) is 3.44. The standard InChI is InChI=1S/C10H9BrO/c11-8-4-7-5-1-2-6(3-5)9(7)10(8)12/h1-2,4-7,9H,3H2/t5-,6+,7-,9+/m1/s1. The number of Topliss-reactive ketones (excluding diaryl/α,β-unsaturated/α-hetero) is 1. The van der Waals surface area contributed by atoms with Crippen LogP contribution in [0.15, 0.2) is 22.7 Å². The molecule has 0 aliphatic heterocycles. The van der Waals surface area contributed by atoms with Gasteiger partial charge in [0.15, 0.2) is 5.78 Å². The van der Waals surface area contributed by atoms with E-state index in [0.717, 1.165) is 4.48 Å². The van der Waals surface area contributed by atoms with Gasteiger partial charge in [-0.2, -0.15) is 0 Å². The van der Waals surface area contributed by atoms with Crippen molar-refractivity contribution in [2.45, 2.75) is 6.42 Å². The topological polar surface area (TPSA) is 17.1 Å². The van der Waals surface area contributed by atoms with Gasteiger partial charge in [-0.05, 0) is 40.1 Å². The lowest BCUT2D eigenvalue weighted by Gasteiger charge is -2.17. The second kappa shape index (κ2) is 2.11. The highest BCUT2D eigenvalue weighted by Gasteiger charge is 2.50. The van der Waals surface area contributed by atoms with Crippen LogP contribution in [-0.2, 0) is 4.79 Å². The van der Waals surface area contributed by atoms with E-state index in [1.54, 1.807) is 0 Å². The van der Waals surface area contributed by atoms with Gasteiger partial charge < -0.3 is 0 Å². The van der Waals surface area contributed by atoms with Gasteiger partial charge in [-0.3, -0.25) is 4.79 Å². The minimum Gasteiger partial charge on any atom is -0.293 e. The van der Waals surface area contributed by atoms with Crippen LogP contribution in [0.3, 0.4) is 0 Å². The molecule has 3 rings (SSSR count). The van der Waals surface area contributed by atoms with Crippen LogP contribution in [0, 0.1) is 23.7 Å². The summed E-state index contributed by atoms with van der Waals surface area (Å²) in [6, 6.07) is 0. The van der Waals surface area contributed by atoms with Crippen LogP contribution >= 0.6 is 15.9 Å². The molecule has 2 bridgehead atoms. The average Bonchev–Trinajstić information content (AvgIpc) is 2.66. The molecule has 0 aromatic heterocycles. The van der Waals surface area contributed by atoms with Crippen molar-refractivity contribution in [2.24, 2.45) is 23.7 Å². The highest BCUT2D eigenvalue weighted by molar-refractivity contribution is 9.12. The van der Waals surface area contributed by atoms with E-state index in [1.807, 2.05) is 0 Å². The smallest absolute Gasteiger partial charge is 0.173 e. The van der Waals surface area contributed by atoms with E-state index >= 15 is 0 Å². The number of fused-ring (bicyclic) bond motifs is 5. The van der Waals surface area contributed by atoms with E-state index in [-0.39, 0.29) is 5.92 Å². The Kier molecular flexibility index (Phi) is 1.24. The number of halogens is 1. The Hall–Kier alpha value is -0.370. The number of carbonyl (C=O) groups is 1. The number of hydrogen-bond acceptors (Lipinski definition) is 1. The molecule has 1 nitrogen and oxygen atoms in total. The van der Waals surface area contributed by atoms with Crippen molar-refractivity contribution in [3.05, 3.63) is 22.7 Å². The van der Waals surface area contributed by atoms with Gasteiger partial charge in [-0.1, -0.05) is 18.2 Å². The molecule has 12 heavy (non-hydrogen) atoms.